The second-order valence-electron chi connectivity index (χ2n) is 4.24. The fraction of sp³-hybridized carbons (Fsp3) is 0.250. The van der Waals surface area contributed by atoms with Crippen molar-refractivity contribution in [3.8, 4) is 11.8 Å². The van der Waals surface area contributed by atoms with E-state index in [0.717, 1.165) is 0 Å². The summed E-state index contributed by atoms with van der Waals surface area (Å²) in [5, 5.41) is 13.5. The van der Waals surface area contributed by atoms with Gasteiger partial charge in [-0.1, -0.05) is 6.07 Å². The van der Waals surface area contributed by atoms with Crippen LogP contribution < -0.4 is 15.0 Å². The molecule has 2 rings (SSSR count). The van der Waals surface area contributed by atoms with Gasteiger partial charge in [0.1, 0.15) is 5.75 Å². The Balaban J connectivity index is 2.32. The number of benzene rings is 1. The first-order valence-corrected chi connectivity index (χ1v) is 6.03. The highest BCUT2D eigenvalue weighted by Gasteiger charge is 2.11. The van der Waals surface area contributed by atoms with Crippen LogP contribution in [0.15, 0.2) is 24.3 Å². The molecule has 0 aliphatic carbocycles. The number of anilines is 2. The van der Waals surface area contributed by atoms with Gasteiger partial charge in [0.25, 0.3) is 5.69 Å². The summed E-state index contributed by atoms with van der Waals surface area (Å²) < 4.78 is 5.47. The molecule has 2 aromatic rings. The average Bonchev–Trinajstić information content (AvgIpc) is 2.47. The number of nitro groups is 1. The number of ether oxygens (including phenoxy) is 1. The molecule has 1 aromatic heterocycles. The van der Waals surface area contributed by atoms with E-state index >= 15 is 0 Å². The first-order chi connectivity index (χ1) is 9.99. The molecule has 9 nitrogen and oxygen atoms in total. The van der Waals surface area contributed by atoms with E-state index in [9.17, 15) is 10.1 Å². The molecule has 21 heavy (non-hydrogen) atoms. The van der Waals surface area contributed by atoms with Crippen LogP contribution >= 0.6 is 0 Å². The summed E-state index contributed by atoms with van der Waals surface area (Å²) in [4.78, 5) is 24.3. The third-order valence-electron chi connectivity index (χ3n) is 2.46. The Morgan fingerprint density at radius 2 is 2.05 bits per heavy atom. The first-order valence-electron chi connectivity index (χ1n) is 6.03. The lowest BCUT2D eigenvalue weighted by Gasteiger charge is -2.12. The van der Waals surface area contributed by atoms with E-state index in [1.165, 1.54) is 18.2 Å². The Morgan fingerprint density at radius 1 is 1.29 bits per heavy atom. The summed E-state index contributed by atoms with van der Waals surface area (Å²) >= 11 is 0. The number of non-ortho nitro benzene ring substituents is 1. The Bertz CT molecular complexity index is 661. The third-order valence-corrected chi connectivity index (χ3v) is 2.46. The van der Waals surface area contributed by atoms with Crippen molar-refractivity contribution in [2.75, 3.05) is 31.4 Å². The minimum atomic E-state index is -0.495. The molecule has 1 aromatic carbocycles. The van der Waals surface area contributed by atoms with Crippen molar-refractivity contribution < 1.29 is 9.66 Å². The second-order valence-corrected chi connectivity index (χ2v) is 4.24. The van der Waals surface area contributed by atoms with Gasteiger partial charge >= 0.3 is 6.01 Å². The van der Waals surface area contributed by atoms with E-state index in [0.29, 0.717) is 11.9 Å². The number of hydrogen-bond donors (Lipinski definition) is 1. The normalized spacial score (nSPS) is 10.0. The summed E-state index contributed by atoms with van der Waals surface area (Å²) in [6.07, 6.45) is 0. The van der Waals surface area contributed by atoms with Crippen LogP contribution in [0.5, 0.6) is 11.8 Å². The van der Waals surface area contributed by atoms with Gasteiger partial charge in [0, 0.05) is 27.2 Å². The molecule has 0 aliphatic heterocycles. The maximum atomic E-state index is 10.7. The topological polar surface area (TPSA) is 106 Å². The number of hydrogen-bond acceptors (Lipinski definition) is 8. The Hall–Kier alpha value is -2.97. The molecule has 0 radical (unpaired) electrons. The lowest BCUT2D eigenvalue weighted by atomic mass is 10.3. The van der Waals surface area contributed by atoms with E-state index in [-0.39, 0.29) is 17.4 Å². The van der Waals surface area contributed by atoms with Gasteiger partial charge in [0.15, 0.2) is 0 Å². The minimum Gasteiger partial charge on any atom is -0.424 e. The largest absolute Gasteiger partial charge is 0.424 e. The van der Waals surface area contributed by atoms with E-state index in [4.69, 9.17) is 4.74 Å². The maximum Gasteiger partial charge on any atom is 0.328 e. The molecular formula is C12H14N6O3. The summed E-state index contributed by atoms with van der Waals surface area (Å²) in [5.41, 5.74) is -0.0665. The number of nitrogens with zero attached hydrogens (tertiary/aromatic N) is 5. The highest BCUT2D eigenvalue weighted by atomic mass is 16.6. The van der Waals surface area contributed by atoms with Crippen LogP contribution in [0.4, 0.5) is 17.6 Å². The standard InChI is InChI=1S/C12H14N6O3/c1-13-10-14-11(17(2)3)16-12(15-10)21-9-6-4-5-8(7-9)18(19)20/h4-7H,1-3H3,(H,13,14,15,16). The van der Waals surface area contributed by atoms with Gasteiger partial charge in [0.05, 0.1) is 11.0 Å². The van der Waals surface area contributed by atoms with Gasteiger partial charge in [0.2, 0.25) is 11.9 Å². The van der Waals surface area contributed by atoms with Gasteiger partial charge in [-0.05, 0) is 6.07 Å². The first kappa shape index (κ1) is 14.4. The molecule has 0 spiro atoms. The van der Waals surface area contributed by atoms with Crippen molar-refractivity contribution in [2.24, 2.45) is 0 Å². The molecule has 0 aliphatic rings. The highest BCUT2D eigenvalue weighted by Crippen LogP contribution is 2.24. The van der Waals surface area contributed by atoms with Crippen LogP contribution in [0.3, 0.4) is 0 Å². The summed E-state index contributed by atoms with van der Waals surface area (Å²) in [6, 6.07) is 5.85. The monoisotopic (exact) mass is 290 g/mol. The van der Waals surface area contributed by atoms with Gasteiger partial charge in [-0.3, -0.25) is 10.1 Å². The van der Waals surface area contributed by atoms with Crippen LogP contribution in [0, 0.1) is 10.1 Å². The molecule has 0 saturated carbocycles. The van der Waals surface area contributed by atoms with E-state index in [1.807, 2.05) is 0 Å². The van der Waals surface area contributed by atoms with Gasteiger partial charge in [-0.2, -0.15) is 15.0 Å². The zero-order valence-electron chi connectivity index (χ0n) is 11.8. The van der Waals surface area contributed by atoms with E-state index in [1.54, 1.807) is 32.1 Å². The predicted octanol–water partition coefficient (Wildman–Crippen LogP) is 1.68. The van der Waals surface area contributed by atoms with Crippen molar-refractivity contribution in [1.82, 2.24) is 15.0 Å². The lowest BCUT2D eigenvalue weighted by Crippen LogP contribution is -2.15. The number of nitro benzene ring substituents is 1. The molecule has 0 bridgehead atoms. The van der Waals surface area contributed by atoms with Crippen LogP contribution in [-0.4, -0.2) is 41.0 Å². The Kier molecular flexibility index (Phi) is 4.12. The molecule has 1 N–H and O–H groups in total. The number of aromatic nitrogens is 3. The Morgan fingerprint density at radius 3 is 2.67 bits per heavy atom. The summed E-state index contributed by atoms with van der Waals surface area (Å²) in [7, 11) is 5.24. The van der Waals surface area contributed by atoms with Crippen LogP contribution in [0.25, 0.3) is 0 Å². The number of rotatable bonds is 5. The highest BCUT2D eigenvalue weighted by molar-refractivity contribution is 5.41. The molecule has 0 atom stereocenters. The van der Waals surface area contributed by atoms with Gasteiger partial charge < -0.3 is 15.0 Å². The molecule has 9 heteroatoms. The third kappa shape index (κ3) is 3.53. The lowest BCUT2D eigenvalue weighted by molar-refractivity contribution is -0.384. The van der Waals surface area contributed by atoms with Gasteiger partial charge in [-0.15, -0.1) is 0 Å². The minimum absolute atomic E-state index is 0.0542. The Labute approximate surface area is 120 Å². The van der Waals surface area contributed by atoms with Crippen molar-refractivity contribution in [2.45, 2.75) is 0 Å². The average molecular weight is 290 g/mol. The molecule has 0 fully saturated rings. The molecule has 0 unspecified atom stereocenters. The maximum absolute atomic E-state index is 10.7. The SMILES string of the molecule is CNc1nc(Oc2cccc([N+](=O)[O-])c2)nc(N(C)C)n1. The molecule has 0 amide bonds. The van der Waals surface area contributed by atoms with Gasteiger partial charge in [-0.25, -0.2) is 0 Å². The predicted molar refractivity (Wildman–Crippen MR) is 76.9 cm³/mol. The zero-order valence-corrected chi connectivity index (χ0v) is 11.8. The molecular weight excluding hydrogens is 276 g/mol. The smallest absolute Gasteiger partial charge is 0.328 e. The van der Waals surface area contributed by atoms with Crippen molar-refractivity contribution in [3.63, 3.8) is 0 Å². The summed E-state index contributed by atoms with van der Waals surface area (Å²) in [5.74, 6) is 1.03. The van der Waals surface area contributed by atoms with Crippen LogP contribution in [-0.2, 0) is 0 Å². The molecule has 0 saturated heterocycles. The van der Waals surface area contributed by atoms with Crippen LogP contribution in [0.1, 0.15) is 0 Å². The fourth-order valence-corrected chi connectivity index (χ4v) is 1.47. The summed E-state index contributed by atoms with van der Waals surface area (Å²) in [6.45, 7) is 0. The fourth-order valence-electron chi connectivity index (χ4n) is 1.47. The zero-order chi connectivity index (χ0) is 15.4. The number of nitrogens with one attached hydrogen (secondary N) is 1. The van der Waals surface area contributed by atoms with Crippen molar-refractivity contribution in [3.05, 3.63) is 34.4 Å². The molecule has 1 heterocycles. The van der Waals surface area contributed by atoms with E-state index in [2.05, 4.69) is 20.3 Å². The van der Waals surface area contributed by atoms with Crippen molar-refractivity contribution in [1.29, 1.82) is 0 Å². The van der Waals surface area contributed by atoms with Crippen molar-refractivity contribution >= 4 is 17.6 Å². The van der Waals surface area contributed by atoms with E-state index < -0.39 is 4.92 Å². The molecule has 110 valence electrons. The quantitative estimate of drug-likeness (QED) is 0.654. The van der Waals surface area contributed by atoms with Crippen LogP contribution in [0.2, 0.25) is 0 Å². The second kappa shape index (κ2) is 5.99.